The van der Waals surface area contributed by atoms with Gasteiger partial charge in [0.15, 0.2) is 17.3 Å². The van der Waals surface area contributed by atoms with Gasteiger partial charge in [0.2, 0.25) is 0 Å². The third kappa shape index (κ3) is 4.50. The van der Waals surface area contributed by atoms with Gasteiger partial charge in [0, 0.05) is 25.7 Å². The number of carbonyl (C=O) groups excluding carboxylic acids is 1. The maximum atomic E-state index is 13.4. The summed E-state index contributed by atoms with van der Waals surface area (Å²) in [5.41, 5.74) is 1.27. The molecule has 0 saturated carbocycles. The van der Waals surface area contributed by atoms with E-state index in [-0.39, 0.29) is 11.6 Å². The topological polar surface area (TPSA) is 63.1 Å². The summed E-state index contributed by atoms with van der Waals surface area (Å²) in [6.45, 7) is 9.56. The quantitative estimate of drug-likeness (QED) is 0.870. The van der Waals surface area contributed by atoms with Crippen molar-refractivity contribution >= 4 is 5.91 Å². The second-order valence-electron chi connectivity index (χ2n) is 7.83. The highest BCUT2D eigenvalue weighted by Crippen LogP contribution is 2.27. The summed E-state index contributed by atoms with van der Waals surface area (Å²) in [6, 6.07) is 3.43. The van der Waals surface area contributed by atoms with Crippen LogP contribution in [0, 0.1) is 24.0 Å². The summed E-state index contributed by atoms with van der Waals surface area (Å²) in [6.07, 6.45) is 2.39. The van der Waals surface area contributed by atoms with Gasteiger partial charge in [0.05, 0.1) is 11.4 Å². The van der Waals surface area contributed by atoms with Gasteiger partial charge in [-0.2, -0.15) is 0 Å². The first-order valence-electron chi connectivity index (χ1n) is 9.15. The molecule has 1 aliphatic rings. The van der Waals surface area contributed by atoms with Crippen molar-refractivity contribution < 1.29 is 13.6 Å². The van der Waals surface area contributed by atoms with E-state index in [4.69, 9.17) is 0 Å². The molecular weight excluding hydrogens is 352 g/mol. The van der Waals surface area contributed by atoms with Crippen molar-refractivity contribution in [3.8, 4) is 5.69 Å². The number of amides is 1. The standard InChI is InChI=1S/C19H25F2N5O/c1-13-17(23-24-26(13)14-5-6-15(20)16(21)11-14)18(27)22-8-10-25-9-4-7-19(2,3)12-25/h5-6,11H,4,7-10,12H2,1-3H3,(H,22,27). The summed E-state index contributed by atoms with van der Waals surface area (Å²) in [5.74, 6) is -2.23. The van der Waals surface area contributed by atoms with Crippen molar-refractivity contribution in [2.24, 2.45) is 5.41 Å². The number of piperidine rings is 1. The van der Waals surface area contributed by atoms with Crippen molar-refractivity contribution in [1.29, 1.82) is 0 Å². The Balaban J connectivity index is 1.61. The Morgan fingerprint density at radius 1 is 1.30 bits per heavy atom. The number of hydrogen-bond donors (Lipinski definition) is 1. The van der Waals surface area contributed by atoms with Gasteiger partial charge in [-0.3, -0.25) is 4.79 Å². The zero-order chi connectivity index (χ0) is 19.6. The lowest BCUT2D eigenvalue weighted by molar-refractivity contribution is 0.0920. The van der Waals surface area contributed by atoms with Crippen molar-refractivity contribution in [1.82, 2.24) is 25.2 Å². The lowest BCUT2D eigenvalue weighted by Gasteiger charge is -2.38. The highest BCUT2D eigenvalue weighted by molar-refractivity contribution is 5.93. The highest BCUT2D eigenvalue weighted by atomic mass is 19.2. The molecule has 1 aromatic carbocycles. The Morgan fingerprint density at radius 2 is 2.07 bits per heavy atom. The number of nitrogens with one attached hydrogen (secondary N) is 1. The Morgan fingerprint density at radius 3 is 2.78 bits per heavy atom. The molecule has 1 aromatic heterocycles. The Bertz CT molecular complexity index is 834. The minimum Gasteiger partial charge on any atom is -0.349 e. The van der Waals surface area contributed by atoms with Gasteiger partial charge in [-0.1, -0.05) is 19.1 Å². The molecule has 27 heavy (non-hydrogen) atoms. The Hall–Kier alpha value is -2.35. The van der Waals surface area contributed by atoms with Crippen molar-refractivity contribution in [2.45, 2.75) is 33.6 Å². The molecule has 1 saturated heterocycles. The van der Waals surface area contributed by atoms with Crippen LogP contribution in [0.15, 0.2) is 18.2 Å². The molecule has 0 spiro atoms. The minimum atomic E-state index is -0.974. The predicted molar refractivity (Wildman–Crippen MR) is 97.8 cm³/mol. The molecule has 146 valence electrons. The van der Waals surface area contributed by atoms with Crippen LogP contribution in [-0.4, -0.2) is 52.0 Å². The number of halogens is 2. The summed E-state index contributed by atoms with van der Waals surface area (Å²) >= 11 is 0. The van der Waals surface area contributed by atoms with Gasteiger partial charge in [-0.15, -0.1) is 5.10 Å². The zero-order valence-corrected chi connectivity index (χ0v) is 15.9. The largest absolute Gasteiger partial charge is 0.349 e. The average molecular weight is 377 g/mol. The molecule has 3 rings (SSSR count). The minimum absolute atomic E-state index is 0.179. The van der Waals surface area contributed by atoms with Crippen LogP contribution in [0.2, 0.25) is 0 Å². The molecule has 8 heteroatoms. The average Bonchev–Trinajstić information content (AvgIpc) is 2.98. The first kappa shape index (κ1) is 19.4. The molecule has 2 heterocycles. The van der Waals surface area contributed by atoms with E-state index in [1.807, 2.05) is 0 Å². The van der Waals surface area contributed by atoms with Crippen LogP contribution in [0.5, 0.6) is 0 Å². The number of carbonyl (C=O) groups is 1. The van der Waals surface area contributed by atoms with Crippen LogP contribution in [-0.2, 0) is 0 Å². The number of benzene rings is 1. The number of nitrogens with zero attached hydrogens (tertiary/aromatic N) is 4. The van der Waals surface area contributed by atoms with E-state index in [0.29, 0.717) is 23.3 Å². The molecule has 1 amide bonds. The lowest BCUT2D eigenvalue weighted by Crippen LogP contribution is -2.43. The summed E-state index contributed by atoms with van der Waals surface area (Å²) in [5, 5.41) is 10.7. The molecule has 0 radical (unpaired) electrons. The molecular formula is C19H25F2N5O. The third-order valence-corrected chi connectivity index (χ3v) is 4.95. The Labute approximate surface area is 157 Å². The molecule has 0 bridgehead atoms. The molecule has 1 aliphatic heterocycles. The van der Waals surface area contributed by atoms with E-state index >= 15 is 0 Å². The van der Waals surface area contributed by atoms with E-state index in [1.54, 1.807) is 6.92 Å². The number of rotatable bonds is 5. The number of likely N-dealkylation sites (tertiary alicyclic amines) is 1. The molecule has 6 nitrogen and oxygen atoms in total. The second-order valence-corrected chi connectivity index (χ2v) is 7.83. The van der Waals surface area contributed by atoms with Gasteiger partial charge in [-0.25, -0.2) is 13.5 Å². The fourth-order valence-electron chi connectivity index (χ4n) is 3.55. The van der Waals surface area contributed by atoms with Crippen LogP contribution in [0.3, 0.4) is 0 Å². The van der Waals surface area contributed by atoms with E-state index < -0.39 is 11.6 Å². The van der Waals surface area contributed by atoms with Crippen LogP contribution in [0.1, 0.15) is 42.9 Å². The molecule has 0 atom stereocenters. The monoisotopic (exact) mass is 377 g/mol. The van der Waals surface area contributed by atoms with E-state index in [9.17, 15) is 13.6 Å². The lowest BCUT2D eigenvalue weighted by atomic mass is 9.84. The third-order valence-electron chi connectivity index (χ3n) is 4.95. The van der Waals surface area contributed by atoms with Crippen LogP contribution >= 0.6 is 0 Å². The van der Waals surface area contributed by atoms with Gasteiger partial charge < -0.3 is 10.2 Å². The first-order chi connectivity index (χ1) is 12.8. The molecule has 0 unspecified atom stereocenters. The second kappa shape index (κ2) is 7.72. The first-order valence-corrected chi connectivity index (χ1v) is 9.15. The normalized spacial score (nSPS) is 17.1. The van der Waals surface area contributed by atoms with Crippen molar-refractivity contribution in [3.63, 3.8) is 0 Å². The number of aromatic nitrogens is 3. The fourth-order valence-corrected chi connectivity index (χ4v) is 3.55. The van der Waals surface area contributed by atoms with Gasteiger partial charge in [0.25, 0.3) is 5.91 Å². The van der Waals surface area contributed by atoms with E-state index in [2.05, 4.69) is 34.4 Å². The van der Waals surface area contributed by atoms with Gasteiger partial charge in [0.1, 0.15) is 0 Å². The maximum Gasteiger partial charge on any atom is 0.273 e. The predicted octanol–water partition coefficient (Wildman–Crippen LogP) is 2.71. The van der Waals surface area contributed by atoms with Crippen molar-refractivity contribution in [3.05, 3.63) is 41.2 Å². The summed E-state index contributed by atoms with van der Waals surface area (Å²) in [4.78, 5) is 14.8. The van der Waals surface area contributed by atoms with Crippen LogP contribution in [0.25, 0.3) is 5.69 Å². The van der Waals surface area contributed by atoms with Gasteiger partial charge >= 0.3 is 0 Å². The SMILES string of the molecule is Cc1c(C(=O)NCCN2CCCC(C)(C)C2)nnn1-c1ccc(F)c(F)c1. The molecule has 1 fully saturated rings. The smallest absolute Gasteiger partial charge is 0.273 e. The Kier molecular flexibility index (Phi) is 5.55. The molecule has 2 aromatic rings. The van der Waals surface area contributed by atoms with E-state index in [0.717, 1.165) is 31.8 Å². The zero-order valence-electron chi connectivity index (χ0n) is 15.9. The number of hydrogen-bond acceptors (Lipinski definition) is 4. The maximum absolute atomic E-state index is 13.4. The van der Waals surface area contributed by atoms with Crippen LogP contribution in [0.4, 0.5) is 8.78 Å². The molecule has 0 aliphatic carbocycles. The highest BCUT2D eigenvalue weighted by Gasteiger charge is 2.26. The summed E-state index contributed by atoms with van der Waals surface area (Å²) < 4.78 is 27.9. The summed E-state index contributed by atoms with van der Waals surface area (Å²) in [7, 11) is 0. The van der Waals surface area contributed by atoms with Gasteiger partial charge in [-0.05, 0) is 43.9 Å². The van der Waals surface area contributed by atoms with Crippen molar-refractivity contribution in [2.75, 3.05) is 26.2 Å². The van der Waals surface area contributed by atoms with Crippen LogP contribution < -0.4 is 5.32 Å². The molecule has 1 N–H and O–H groups in total. The van der Waals surface area contributed by atoms with E-state index in [1.165, 1.54) is 23.6 Å². The fraction of sp³-hybridized carbons (Fsp3) is 0.526.